The van der Waals surface area contributed by atoms with Crippen LogP contribution in [0.1, 0.15) is 5.56 Å². The zero-order valence-electron chi connectivity index (χ0n) is 24.0. The number of hydrogen-bond acceptors (Lipinski definition) is 5. The van der Waals surface area contributed by atoms with Crippen molar-refractivity contribution in [3.63, 3.8) is 0 Å². The summed E-state index contributed by atoms with van der Waals surface area (Å²) in [5.41, 5.74) is 8.43. The van der Waals surface area contributed by atoms with E-state index in [-0.39, 0.29) is 0 Å². The van der Waals surface area contributed by atoms with Gasteiger partial charge in [-0.25, -0.2) is 29.1 Å². The van der Waals surface area contributed by atoms with Crippen LogP contribution in [0.15, 0.2) is 114 Å². The lowest BCUT2D eigenvalue weighted by molar-refractivity contribution is -0.634. The first kappa shape index (κ1) is 25.1. The molecule has 0 unspecified atom stereocenters. The molecule has 7 nitrogen and oxygen atoms in total. The highest BCUT2D eigenvalue weighted by Gasteiger charge is 2.24. The first-order valence-corrected chi connectivity index (χ1v) is 14.2. The van der Waals surface area contributed by atoms with Gasteiger partial charge in [0.05, 0.1) is 19.7 Å². The number of furan rings is 1. The lowest BCUT2D eigenvalue weighted by Crippen LogP contribution is -2.30. The predicted molar refractivity (Wildman–Crippen MR) is 169 cm³/mol. The van der Waals surface area contributed by atoms with Crippen molar-refractivity contribution in [3.05, 3.63) is 115 Å². The van der Waals surface area contributed by atoms with Crippen molar-refractivity contribution in [1.82, 2.24) is 24.5 Å². The number of para-hydroxylation sites is 2. The monoisotopic (exact) mass is 559 g/mol. The number of nitrogens with zero attached hydrogens (tertiary/aromatic N) is 6. The van der Waals surface area contributed by atoms with Gasteiger partial charge in [-0.3, -0.25) is 0 Å². The fourth-order valence-corrected chi connectivity index (χ4v) is 5.94. The average Bonchev–Trinajstić information content (AvgIpc) is 3.54. The molecule has 0 aliphatic heterocycles. The lowest BCUT2D eigenvalue weighted by Gasteiger charge is -2.07. The molecule has 0 saturated heterocycles. The minimum Gasteiger partial charge on any atom is -0.438 e. The van der Waals surface area contributed by atoms with Gasteiger partial charge in [0, 0.05) is 21.9 Å². The zero-order chi connectivity index (χ0) is 29.1. The Morgan fingerprint density at radius 1 is 0.651 bits per heavy atom. The van der Waals surface area contributed by atoms with Crippen molar-refractivity contribution in [2.75, 3.05) is 0 Å². The van der Waals surface area contributed by atoms with Crippen LogP contribution in [0.5, 0.6) is 0 Å². The van der Waals surface area contributed by atoms with Gasteiger partial charge in [0.2, 0.25) is 5.71 Å². The summed E-state index contributed by atoms with van der Waals surface area (Å²) < 4.78 is 10.9. The van der Waals surface area contributed by atoms with Crippen molar-refractivity contribution in [2.45, 2.75) is 6.92 Å². The van der Waals surface area contributed by atoms with Crippen LogP contribution in [0.2, 0.25) is 0 Å². The second kappa shape index (κ2) is 9.70. The zero-order valence-corrected chi connectivity index (χ0v) is 24.0. The molecule has 43 heavy (non-hydrogen) atoms. The summed E-state index contributed by atoms with van der Waals surface area (Å²) in [7, 11) is 4.21. The van der Waals surface area contributed by atoms with Gasteiger partial charge in [0.25, 0.3) is 5.82 Å². The van der Waals surface area contributed by atoms with Crippen LogP contribution < -0.4 is 4.57 Å². The van der Waals surface area contributed by atoms with E-state index in [2.05, 4.69) is 66.6 Å². The molecule has 8 aromatic rings. The van der Waals surface area contributed by atoms with Crippen LogP contribution in [-0.2, 0) is 14.1 Å². The number of aromatic nitrogens is 6. The Morgan fingerprint density at radius 2 is 1.28 bits per heavy atom. The third-order valence-corrected chi connectivity index (χ3v) is 8.09. The molecule has 0 aliphatic carbocycles. The molecule has 0 saturated carbocycles. The first-order valence-electron chi connectivity index (χ1n) is 14.2. The minimum atomic E-state index is 0.495. The van der Waals surface area contributed by atoms with Gasteiger partial charge in [-0.2, -0.15) is 0 Å². The van der Waals surface area contributed by atoms with Gasteiger partial charge in [-0.15, -0.1) is 0 Å². The summed E-state index contributed by atoms with van der Waals surface area (Å²) in [5, 5.41) is 1.98. The third-order valence-electron chi connectivity index (χ3n) is 8.09. The standard InChI is InChI=1S/C36H27N6O/c1-22-20-27-25-18-19-28(34-39-32(23-12-6-4-7-13-23)38-33(40-34)24-14-8-5-9-15-24)37-35(25)43-31(27)21-26(22)36-41(2)29-16-10-11-17-30(29)42(36)3/h4-21H,1-3H3/q+1. The normalized spacial score (nSPS) is 11.6. The number of hydrogen-bond donors (Lipinski definition) is 0. The molecule has 206 valence electrons. The van der Waals surface area contributed by atoms with Crippen molar-refractivity contribution < 1.29 is 8.98 Å². The molecule has 0 fully saturated rings. The van der Waals surface area contributed by atoms with Gasteiger partial charge < -0.3 is 4.42 Å². The smallest absolute Gasteiger partial charge is 0.289 e. The predicted octanol–water partition coefficient (Wildman–Crippen LogP) is 7.46. The lowest BCUT2D eigenvalue weighted by atomic mass is 10.0. The number of benzene rings is 4. The Balaban J connectivity index is 1.28. The number of imidazole rings is 1. The number of aryl methyl sites for hydroxylation is 3. The van der Waals surface area contributed by atoms with E-state index in [0.29, 0.717) is 28.9 Å². The largest absolute Gasteiger partial charge is 0.438 e. The summed E-state index contributed by atoms with van der Waals surface area (Å²) in [6, 6.07) is 36.6. The van der Waals surface area contributed by atoms with Gasteiger partial charge in [0.1, 0.15) is 11.3 Å². The van der Waals surface area contributed by atoms with Crippen LogP contribution in [0.4, 0.5) is 0 Å². The molecular formula is C36H27N6O+. The van der Waals surface area contributed by atoms with E-state index in [0.717, 1.165) is 38.9 Å². The van der Waals surface area contributed by atoms with Gasteiger partial charge in [-0.05, 0) is 48.9 Å². The van der Waals surface area contributed by atoms with Crippen LogP contribution in [0.3, 0.4) is 0 Å². The molecule has 4 aromatic heterocycles. The summed E-state index contributed by atoms with van der Waals surface area (Å²) in [4.78, 5) is 19.4. The molecule has 0 spiro atoms. The molecule has 0 amide bonds. The fourth-order valence-electron chi connectivity index (χ4n) is 5.94. The van der Waals surface area contributed by atoms with Crippen LogP contribution in [0, 0.1) is 6.92 Å². The summed E-state index contributed by atoms with van der Waals surface area (Å²) in [6.07, 6.45) is 0. The molecule has 0 radical (unpaired) electrons. The molecule has 0 bridgehead atoms. The molecule has 0 N–H and O–H groups in total. The number of fused-ring (bicyclic) bond motifs is 4. The van der Waals surface area contributed by atoms with Crippen LogP contribution >= 0.6 is 0 Å². The minimum absolute atomic E-state index is 0.495. The van der Waals surface area contributed by atoms with E-state index >= 15 is 0 Å². The van der Waals surface area contributed by atoms with E-state index in [1.54, 1.807) is 0 Å². The molecule has 8 rings (SSSR count). The Kier molecular flexibility index (Phi) is 5.65. The molecule has 7 heteroatoms. The van der Waals surface area contributed by atoms with E-state index < -0.39 is 0 Å². The summed E-state index contributed by atoms with van der Waals surface area (Å²) in [5.74, 6) is 2.80. The average molecular weight is 560 g/mol. The Bertz CT molecular complexity index is 2220. The van der Waals surface area contributed by atoms with E-state index in [1.807, 2.05) is 72.8 Å². The van der Waals surface area contributed by atoms with Crippen molar-refractivity contribution >= 4 is 33.1 Å². The summed E-state index contributed by atoms with van der Waals surface area (Å²) >= 11 is 0. The Hall–Kier alpha value is -5.69. The first-order chi connectivity index (χ1) is 21.0. The Morgan fingerprint density at radius 3 is 1.95 bits per heavy atom. The SMILES string of the molecule is Cc1cc2c(cc1-c1n(C)c3ccccc3[n+]1C)oc1nc(-c3nc(-c4ccccc4)nc(-c4ccccc4)n3)ccc12. The highest BCUT2D eigenvalue weighted by molar-refractivity contribution is 6.05. The van der Waals surface area contributed by atoms with Crippen LogP contribution in [0.25, 0.3) is 78.8 Å². The van der Waals surface area contributed by atoms with Gasteiger partial charge in [-0.1, -0.05) is 72.8 Å². The van der Waals surface area contributed by atoms with E-state index in [9.17, 15) is 0 Å². The van der Waals surface area contributed by atoms with Crippen molar-refractivity contribution in [3.8, 4) is 45.7 Å². The maximum absolute atomic E-state index is 6.41. The number of pyridine rings is 1. The molecule has 0 atom stereocenters. The summed E-state index contributed by atoms with van der Waals surface area (Å²) in [6.45, 7) is 2.15. The van der Waals surface area contributed by atoms with E-state index in [1.165, 1.54) is 16.6 Å². The maximum Gasteiger partial charge on any atom is 0.289 e. The van der Waals surface area contributed by atoms with Gasteiger partial charge >= 0.3 is 0 Å². The van der Waals surface area contributed by atoms with Crippen molar-refractivity contribution in [1.29, 1.82) is 0 Å². The third kappa shape index (κ3) is 4.08. The fraction of sp³-hybridized carbons (Fsp3) is 0.0833. The highest BCUT2D eigenvalue weighted by atomic mass is 16.3. The van der Waals surface area contributed by atoms with Gasteiger partial charge in [0.15, 0.2) is 28.5 Å². The van der Waals surface area contributed by atoms with Crippen molar-refractivity contribution in [2.24, 2.45) is 14.1 Å². The topological polar surface area (TPSA) is 73.5 Å². The highest BCUT2D eigenvalue weighted by Crippen LogP contribution is 2.35. The maximum atomic E-state index is 6.41. The van der Waals surface area contributed by atoms with Crippen LogP contribution in [-0.4, -0.2) is 24.5 Å². The second-order valence-corrected chi connectivity index (χ2v) is 10.8. The molecule has 4 aromatic carbocycles. The molecular weight excluding hydrogens is 532 g/mol. The Labute approximate surface area is 247 Å². The number of rotatable bonds is 4. The quantitative estimate of drug-likeness (QED) is 0.209. The second-order valence-electron chi connectivity index (χ2n) is 10.8. The van der Waals surface area contributed by atoms with E-state index in [4.69, 9.17) is 24.4 Å². The molecule has 4 heterocycles. The molecule has 0 aliphatic rings.